The Labute approximate surface area is 123 Å². The number of H-pyrrole nitrogens is 1. The summed E-state index contributed by atoms with van der Waals surface area (Å²) in [7, 11) is 0. The van der Waals surface area contributed by atoms with Gasteiger partial charge in [0.25, 0.3) is 0 Å². The summed E-state index contributed by atoms with van der Waals surface area (Å²) in [5.41, 5.74) is 0.940. The van der Waals surface area contributed by atoms with Gasteiger partial charge in [-0.15, -0.1) is 0 Å². The van der Waals surface area contributed by atoms with Crippen LogP contribution in [0, 0.1) is 0 Å². The lowest BCUT2D eigenvalue weighted by Crippen LogP contribution is -2.40. The van der Waals surface area contributed by atoms with Crippen LogP contribution < -0.4 is 9.47 Å². The molecule has 7 heteroatoms. The second-order valence-corrected chi connectivity index (χ2v) is 5.18. The number of rotatable bonds is 1. The molecule has 1 aromatic heterocycles. The average molecular weight is 299 g/mol. The number of ketones is 4. The van der Waals surface area contributed by atoms with Crippen molar-refractivity contribution in [2.75, 3.05) is 6.79 Å². The average Bonchev–Trinajstić information content (AvgIpc) is 3.10. The zero-order valence-corrected chi connectivity index (χ0v) is 11.2. The van der Waals surface area contributed by atoms with E-state index in [0.717, 1.165) is 0 Å². The Hall–Kier alpha value is -2.96. The van der Waals surface area contributed by atoms with Gasteiger partial charge in [-0.1, -0.05) is 0 Å². The molecule has 4 rings (SSSR count). The van der Waals surface area contributed by atoms with Crippen molar-refractivity contribution in [3.63, 3.8) is 0 Å². The third-order valence-corrected chi connectivity index (χ3v) is 3.91. The van der Waals surface area contributed by atoms with Gasteiger partial charge < -0.3 is 14.5 Å². The maximum atomic E-state index is 12.1. The van der Waals surface area contributed by atoms with Crippen LogP contribution in [0.3, 0.4) is 0 Å². The largest absolute Gasteiger partial charge is 0.454 e. The van der Waals surface area contributed by atoms with Gasteiger partial charge in [-0.25, -0.2) is 0 Å². The highest BCUT2D eigenvalue weighted by molar-refractivity contribution is 6.61. The molecule has 22 heavy (non-hydrogen) atoms. The summed E-state index contributed by atoms with van der Waals surface area (Å²) in [6.45, 7) is 0.0928. The molecular weight excluding hydrogens is 290 g/mol. The molecule has 0 bridgehead atoms. The molecule has 1 fully saturated rings. The molecule has 0 radical (unpaired) electrons. The predicted molar refractivity (Wildman–Crippen MR) is 71.8 cm³/mol. The van der Waals surface area contributed by atoms with Crippen molar-refractivity contribution in [2.45, 2.75) is 12.3 Å². The Kier molecular flexibility index (Phi) is 2.47. The summed E-state index contributed by atoms with van der Waals surface area (Å²) in [5.74, 6) is -3.68. The maximum absolute atomic E-state index is 12.1. The monoisotopic (exact) mass is 299 g/mol. The normalized spacial score (nSPS) is 18.5. The number of carbonyl (C=O) groups excluding carboxylic acids is 4. The summed E-state index contributed by atoms with van der Waals surface area (Å²) < 4.78 is 10.5. The highest BCUT2D eigenvalue weighted by Crippen LogP contribution is 2.39. The van der Waals surface area contributed by atoms with Crippen molar-refractivity contribution in [1.29, 1.82) is 0 Å². The highest BCUT2D eigenvalue weighted by atomic mass is 16.7. The third-order valence-electron chi connectivity index (χ3n) is 3.91. The first-order chi connectivity index (χ1) is 10.6. The standard InChI is InChI=1S/C15H9NO6/c17-9-3-10(18)15(20)13(14(9)19)7-4-16-8-2-12-11(1-6(7)8)21-5-22-12/h1-2,4,13,16H,3,5H2. The van der Waals surface area contributed by atoms with Gasteiger partial charge in [-0.3, -0.25) is 19.2 Å². The van der Waals surface area contributed by atoms with E-state index < -0.39 is 35.5 Å². The molecule has 2 aromatic rings. The number of Topliss-reactive ketones (excluding diaryl/α,β-unsaturated/α-hetero) is 4. The number of ether oxygens (including phenoxy) is 2. The molecule has 1 aliphatic carbocycles. The van der Waals surface area contributed by atoms with Gasteiger partial charge in [-0.2, -0.15) is 0 Å². The number of nitrogens with one attached hydrogen (secondary N) is 1. The minimum Gasteiger partial charge on any atom is -0.454 e. The molecule has 1 N–H and O–H groups in total. The number of fused-ring (bicyclic) bond motifs is 2. The fraction of sp³-hybridized carbons (Fsp3) is 0.200. The van der Waals surface area contributed by atoms with Crippen LogP contribution in [0.25, 0.3) is 10.9 Å². The number of aromatic nitrogens is 1. The third kappa shape index (κ3) is 1.62. The minimum atomic E-state index is -1.37. The molecule has 7 nitrogen and oxygen atoms in total. The molecular formula is C15H9NO6. The fourth-order valence-electron chi connectivity index (χ4n) is 2.82. The van der Waals surface area contributed by atoms with Crippen LogP contribution in [-0.2, 0) is 19.2 Å². The molecule has 0 saturated heterocycles. The molecule has 1 aliphatic heterocycles. The summed E-state index contributed by atoms with van der Waals surface area (Å²) in [4.78, 5) is 50.3. The first kappa shape index (κ1) is 12.8. The Bertz CT molecular complexity index is 852. The van der Waals surface area contributed by atoms with E-state index in [9.17, 15) is 19.2 Å². The smallest absolute Gasteiger partial charge is 0.231 e. The van der Waals surface area contributed by atoms with Crippen molar-refractivity contribution in [2.24, 2.45) is 0 Å². The number of aromatic amines is 1. The lowest BCUT2D eigenvalue weighted by atomic mass is 9.80. The van der Waals surface area contributed by atoms with Crippen LogP contribution >= 0.6 is 0 Å². The molecule has 1 aromatic carbocycles. The highest BCUT2D eigenvalue weighted by Gasteiger charge is 2.43. The first-order valence-corrected chi connectivity index (χ1v) is 6.61. The van der Waals surface area contributed by atoms with Gasteiger partial charge in [0.15, 0.2) is 11.5 Å². The van der Waals surface area contributed by atoms with E-state index in [0.29, 0.717) is 28.0 Å². The second kappa shape index (κ2) is 4.27. The molecule has 0 amide bonds. The first-order valence-electron chi connectivity index (χ1n) is 6.61. The van der Waals surface area contributed by atoms with Crippen molar-refractivity contribution in [1.82, 2.24) is 4.98 Å². The van der Waals surface area contributed by atoms with Crippen LogP contribution in [0.2, 0.25) is 0 Å². The van der Waals surface area contributed by atoms with E-state index in [1.807, 2.05) is 0 Å². The van der Waals surface area contributed by atoms with Crippen LogP contribution in [0.15, 0.2) is 18.3 Å². The Balaban J connectivity index is 1.90. The van der Waals surface area contributed by atoms with Crippen molar-refractivity contribution < 1.29 is 28.7 Å². The molecule has 0 spiro atoms. The predicted octanol–water partition coefficient (Wildman–Crippen LogP) is 0.660. The number of carbonyl (C=O) groups is 4. The van der Waals surface area contributed by atoms with Gasteiger partial charge in [-0.05, 0) is 11.6 Å². The summed E-state index contributed by atoms with van der Waals surface area (Å²) in [6.07, 6.45) is 0.828. The van der Waals surface area contributed by atoms with E-state index in [1.165, 1.54) is 6.20 Å². The van der Waals surface area contributed by atoms with Crippen molar-refractivity contribution in [3.8, 4) is 11.5 Å². The topological polar surface area (TPSA) is 103 Å². The lowest BCUT2D eigenvalue weighted by molar-refractivity contribution is -0.149. The van der Waals surface area contributed by atoms with E-state index in [-0.39, 0.29) is 6.79 Å². The van der Waals surface area contributed by atoms with Crippen molar-refractivity contribution in [3.05, 3.63) is 23.9 Å². The number of hydrogen-bond acceptors (Lipinski definition) is 6. The van der Waals surface area contributed by atoms with Crippen LogP contribution in [-0.4, -0.2) is 34.9 Å². The SMILES string of the molecule is O=C1CC(=O)C(=O)C(c2c[nH]c3cc4c(cc23)OCO4)C1=O. The second-order valence-electron chi connectivity index (χ2n) is 5.18. The Morgan fingerprint density at radius 2 is 1.59 bits per heavy atom. The van der Waals surface area contributed by atoms with E-state index in [2.05, 4.69) is 4.98 Å². The van der Waals surface area contributed by atoms with Gasteiger partial charge in [0.2, 0.25) is 29.9 Å². The van der Waals surface area contributed by atoms with E-state index in [1.54, 1.807) is 12.1 Å². The summed E-state index contributed by atoms with van der Waals surface area (Å²) in [5, 5.41) is 0.554. The van der Waals surface area contributed by atoms with Gasteiger partial charge in [0, 0.05) is 23.2 Å². The zero-order chi connectivity index (χ0) is 15.4. The molecule has 2 heterocycles. The molecule has 1 saturated carbocycles. The minimum absolute atomic E-state index is 0.0928. The fourth-order valence-corrected chi connectivity index (χ4v) is 2.82. The molecule has 0 unspecified atom stereocenters. The van der Waals surface area contributed by atoms with Gasteiger partial charge in [0.05, 0.1) is 6.42 Å². The zero-order valence-electron chi connectivity index (χ0n) is 11.2. The van der Waals surface area contributed by atoms with Crippen molar-refractivity contribution >= 4 is 34.0 Å². The maximum Gasteiger partial charge on any atom is 0.231 e. The molecule has 0 atom stereocenters. The summed E-state index contributed by atoms with van der Waals surface area (Å²) in [6, 6.07) is 3.32. The van der Waals surface area contributed by atoms with Crippen LogP contribution in [0.5, 0.6) is 11.5 Å². The quantitative estimate of drug-likeness (QED) is 0.613. The van der Waals surface area contributed by atoms with E-state index in [4.69, 9.17) is 9.47 Å². The van der Waals surface area contributed by atoms with E-state index >= 15 is 0 Å². The van der Waals surface area contributed by atoms with Crippen LogP contribution in [0.4, 0.5) is 0 Å². The molecule has 110 valence electrons. The van der Waals surface area contributed by atoms with Gasteiger partial charge in [0.1, 0.15) is 5.92 Å². The molecule has 2 aliphatic rings. The Morgan fingerprint density at radius 1 is 0.955 bits per heavy atom. The number of benzene rings is 1. The van der Waals surface area contributed by atoms with Crippen LogP contribution in [0.1, 0.15) is 17.9 Å². The number of hydrogen-bond donors (Lipinski definition) is 1. The Morgan fingerprint density at radius 3 is 2.27 bits per heavy atom. The van der Waals surface area contributed by atoms with Gasteiger partial charge >= 0.3 is 0 Å². The summed E-state index contributed by atoms with van der Waals surface area (Å²) >= 11 is 0. The lowest BCUT2D eigenvalue weighted by Gasteiger charge is -2.16.